The van der Waals surface area contributed by atoms with Crippen molar-refractivity contribution in [3.05, 3.63) is 35.4 Å². The van der Waals surface area contributed by atoms with Crippen molar-refractivity contribution in [2.75, 3.05) is 26.2 Å². The summed E-state index contributed by atoms with van der Waals surface area (Å²) in [7, 11) is 0. The molecule has 0 atom stereocenters. The van der Waals surface area contributed by atoms with Gasteiger partial charge < -0.3 is 10.2 Å². The molecule has 2 rings (SSSR count). The number of carbonyl (C=O) groups excluding carboxylic acids is 1. The molecule has 0 bridgehead atoms. The Kier molecular flexibility index (Phi) is 7.76. The van der Waals surface area contributed by atoms with Gasteiger partial charge in [-0.05, 0) is 36.4 Å². The highest BCUT2D eigenvalue weighted by atomic mass is 35.5. The largest absolute Gasteiger partial charge is 0.341 e. The highest BCUT2D eigenvalue weighted by molar-refractivity contribution is 5.85. The van der Waals surface area contributed by atoms with E-state index >= 15 is 0 Å². The van der Waals surface area contributed by atoms with Crippen molar-refractivity contribution in [1.82, 2.24) is 10.2 Å². The Morgan fingerprint density at radius 2 is 1.81 bits per heavy atom. The van der Waals surface area contributed by atoms with Gasteiger partial charge in [-0.2, -0.15) is 0 Å². The van der Waals surface area contributed by atoms with Gasteiger partial charge in [0.05, 0.1) is 6.42 Å². The molecule has 0 aliphatic carbocycles. The third-order valence-corrected chi connectivity index (χ3v) is 3.72. The van der Waals surface area contributed by atoms with Crippen molar-refractivity contribution in [3.8, 4) is 0 Å². The molecule has 118 valence electrons. The van der Waals surface area contributed by atoms with E-state index in [0.717, 1.165) is 44.6 Å². The Morgan fingerprint density at radius 1 is 1.14 bits per heavy atom. The maximum Gasteiger partial charge on any atom is 0.227 e. The summed E-state index contributed by atoms with van der Waals surface area (Å²) in [6, 6.07) is 8.52. The molecule has 0 radical (unpaired) electrons. The van der Waals surface area contributed by atoms with Crippen LogP contribution in [-0.4, -0.2) is 37.0 Å². The van der Waals surface area contributed by atoms with E-state index in [1.807, 2.05) is 4.90 Å². The standard InChI is InChI=1S/C17H26N2O.ClH/c1-14(2)12-15-4-6-16(7-5-15)13-17(20)19-10-3-8-18-9-11-19;/h4-7,14,18H,3,8-13H2,1-2H3;1H. The quantitative estimate of drug-likeness (QED) is 0.927. The normalized spacial score (nSPS) is 15.5. The molecule has 0 aromatic heterocycles. The molecule has 3 nitrogen and oxygen atoms in total. The van der Waals surface area contributed by atoms with Crippen molar-refractivity contribution < 1.29 is 4.79 Å². The van der Waals surface area contributed by atoms with Gasteiger partial charge in [0, 0.05) is 19.6 Å². The van der Waals surface area contributed by atoms with Crippen molar-refractivity contribution in [2.24, 2.45) is 5.92 Å². The number of nitrogens with zero attached hydrogens (tertiary/aromatic N) is 1. The predicted molar refractivity (Wildman–Crippen MR) is 90.0 cm³/mol. The molecule has 1 fully saturated rings. The maximum atomic E-state index is 12.3. The van der Waals surface area contributed by atoms with Crippen LogP contribution in [0.2, 0.25) is 0 Å². The smallest absolute Gasteiger partial charge is 0.227 e. The number of hydrogen-bond acceptors (Lipinski definition) is 2. The first-order valence-electron chi connectivity index (χ1n) is 7.71. The average Bonchev–Trinajstić information content (AvgIpc) is 2.69. The molecule has 1 saturated heterocycles. The molecule has 0 spiro atoms. The van der Waals surface area contributed by atoms with E-state index in [-0.39, 0.29) is 18.3 Å². The summed E-state index contributed by atoms with van der Waals surface area (Å²) < 4.78 is 0. The second-order valence-electron chi connectivity index (χ2n) is 6.08. The Bertz CT molecular complexity index is 423. The SMILES string of the molecule is CC(C)Cc1ccc(CC(=O)N2CCCNCC2)cc1.Cl. The van der Waals surface area contributed by atoms with Crippen LogP contribution in [0.15, 0.2) is 24.3 Å². The monoisotopic (exact) mass is 310 g/mol. The summed E-state index contributed by atoms with van der Waals surface area (Å²) in [5, 5.41) is 3.33. The van der Waals surface area contributed by atoms with E-state index in [1.165, 1.54) is 5.56 Å². The molecule has 0 unspecified atom stereocenters. The first-order valence-corrected chi connectivity index (χ1v) is 7.71. The topological polar surface area (TPSA) is 32.3 Å². The number of rotatable bonds is 4. The number of nitrogens with one attached hydrogen (secondary N) is 1. The highest BCUT2D eigenvalue weighted by Crippen LogP contribution is 2.11. The molecule has 1 aliphatic heterocycles. The fourth-order valence-electron chi connectivity index (χ4n) is 2.65. The summed E-state index contributed by atoms with van der Waals surface area (Å²) >= 11 is 0. The van der Waals surface area contributed by atoms with Crippen LogP contribution in [0.25, 0.3) is 0 Å². The number of benzene rings is 1. The number of amides is 1. The van der Waals surface area contributed by atoms with Gasteiger partial charge in [-0.25, -0.2) is 0 Å². The highest BCUT2D eigenvalue weighted by Gasteiger charge is 2.15. The summed E-state index contributed by atoms with van der Waals surface area (Å²) in [6.07, 6.45) is 2.69. The van der Waals surface area contributed by atoms with Crippen LogP contribution in [0.3, 0.4) is 0 Å². The Labute approximate surface area is 134 Å². The molecule has 21 heavy (non-hydrogen) atoms. The van der Waals surface area contributed by atoms with Crippen LogP contribution >= 0.6 is 12.4 Å². The molecule has 4 heteroatoms. The molecule has 1 aliphatic rings. The minimum atomic E-state index is 0. The van der Waals surface area contributed by atoms with Gasteiger partial charge in [0.1, 0.15) is 0 Å². The zero-order chi connectivity index (χ0) is 14.4. The molecular formula is C17H27ClN2O. The predicted octanol–water partition coefficient (Wildman–Crippen LogP) is 2.67. The van der Waals surface area contributed by atoms with Crippen LogP contribution in [0, 0.1) is 5.92 Å². The Balaban J connectivity index is 0.00000220. The number of halogens is 1. The summed E-state index contributed by atoms with van der Waals surface area (Å²) in [6.45, 7) is 8.11. The summed E-state index contributed by atoms with van der Waals surface area (Å²) in [5.41, 5.74) is 2.48. The van der Waals surface area contributed by atoms with Crippen LogP contribution in [-0.2, 0) is 17.6 Å². The van der Waals surface area contributed by atoms with Crippen LogP contribution in [0.1, 0.15) is 31.4 Å². The Morgan fingerprint density at radius 3 is 2.48 bits per heavy atom. The van der Waals surface area contributed by atoms with Crippen LogP contribution in [0.5, 0.6) is 0 Å². The first kappa shape index (κ1) is 18.0. The lowest BCUT2D eigenvalue weighted by Crippen LogP contribution is -2.35. The van der Waals surface area contributed by atoms with Gasteiger partial charge in [-0.15, -0.1) is 12.4 Å². The van der Waals surface area contributed by atoms with E-state index in [1.54, 1.807) is 0 Å². The van der Waals surface area contributed by atoms with E-state index in [0.29, 0.717) is 12.3 Å². The zero-order valence-electron chi connectivity index (χ0n) is 13.1. The van der Waals surface area contributed by atoms with Gasteiger partial charge in [0.2, 0.25) is 5.91 Å². The molecule has 1 amide bonds. The Hall–Kier alpha value is -1.06. The zero-order valence-corrected chi connectivity index (χ0v) is 13.9. The molecule has 1 aromatic rings. The van der Waals surface area contributed by atoms with Crippen molar-refractivity contribution in [2.45, 2.75) is 33.1 Å². The van der Waals surface area contributed by atoms with Crippen molar-refractivity contribution in [1.29, 1.82) is 0 Å². The molecule has 0 saturated carbocycles. The first-order chi connectivity index (χ1) is 9.65. The van der Waals surface area contributed by atoms with Gasteiger partial charge in [0.25, 0.3) is 0 Å². The van der Waals surface area contributed by atoms with Crippen LogP contribution < -0.4 is 5.32 Å². The number of hydrogen-bond donors (Lipinski definition) is 1. The maximum absolute atomic E-state index is 12.3. The van der Waals surface area contributed by atoms with Crippen molar-refractivity contribution >= 4 is 18.3 Å². The second kappa shape index (κ2) is 9.06. The molecule has 1 heterocycles. The fourth-order valence-corrected chi connectivity index (χ4v) is 2.65. The number of carbonyl (C=O) groups is 1. The lowest BCUT2D eigenvalue weighted by atomic mass is 10.0. The van der Waals surface area contributed by atoms with Gasteiger partial charge in [-0.3, -0.25) is 4.79 Å². The third kappa shape index (κ3) is 6.06. The third-order valence-electron chi connectivity index (χ3n) is 3.72. The summed E-state index contributed by atoms with van der Waals surface area (Å²) in [5.74, 6) is 0.928. The van der Waals surface area contributed by atoms with E-state index in [2.05, 4.69) is 43.4 Å². The van der Waals surface area contributed by atoms with E-state index < -0.39 is 0 Å². The van der Waals surface area contributed by atoms with E-state index in [9.17, 15) is 4.79 Å². The summed E-state index contributed by atoms with van der Waals surface area (Å²) in [4.78, 5) is 14.3. The molecule has 1 N–H and O–H groups in total. The van der Waals surface area contributed by atoms with E-state index in [4.69, 9.17) is 0 Å². The fraction of sp³-hybridized carbons (Fsp3) is 0.588. The van der Waals surface area contributed by atoms with Crippen molar-refractivity contribution in [3.63, 3.8) is 0 Å². The van der Waals surface area contributed by atoms with Gasteiger partial charge >= 0.3 is 0 Å². The minimum Gasteiger partial charge on any atom is -0.341 e. The lowest BCUT2D eigenvalue weighted by molar-refractivity contribution is -0.130. The second-order valence-corrected chi connectivity index (χ2v) is 6.08. The van der Waals surface area contributed by atoms with Gasteiger partial charge in [0.15, 0.2) is 0 Å². The molecule has 1 aromatic carbocycles. The van der Waals surface area contributed by atoms with Gasteiger partial charge in [-0.1, -0.05) is 38.1 Å². The average molecular weight is 311 g/mol. The van der Waals surface area contributed by atoms with Crippen LogP contribution in [0.4, 0.5) is 0 Å². The lowest BCUT2D eigenvalue weighted by Gasteiger charge is -2.20. The minimum absolute atomic E-state index is 0. The molecular weight excluding hydrogens is 284 g/mol.